The van der Waals surface area contributed by atoms with Crippen LogP contribution in [0.1, 0.15) is 182 Å². The van der Waals surface area contributed by atoms with Crippen LogP contribution in [-0.2, 0) is 9.59 Å². The van der Waals surface area contributed by atoms with Gasteiger partial charge in [0.2, 0.25) is 11.8 Å². The lowest BCUT2D eigenvalue weighted by molar-refractivity contribution is -0.124. The van der Waals surface area contributed by atoms with Crippen LogP contribution in [0.25, 0.3) is 0 Å². The molecule has 4 nitrogen and oxygen atoms in total. The maximum absolute atomic E-state index is 12.7. The van der Waals surface area contributed by atoms with E-state index in [1.54, 1.807) is 0 Å². The van der Waals surface area contributed by atoms with E-state index in [1.165, 1.54) is 103 Å². The van der Waals surface area contributed by atoms with E-state index in [2.05, 4.69) is 45.3 Å². The average Bonchev–Trinajstić information content (AvgIpc) is 2.84. The van der Waals surface area contributed by atoms with Gasteiger partial charge in [0.25, 0.3) is 0 Å². The Hall–Kier alpha value is -1.06. The van der Waals surface area contributed by atoms with Gasteiger partial charge in [0.05, 0.1) is 0 Å². The van der Waals surface area contributed by atoms with Crippen molar-refractivity contribution < 1.29 is 9.59 Å². The van der Waals surface area contributed by atoms with Crippen molar-refractivity contribution in [1.29, 1.82) is 0 Å². The maximum atomic E-state index is 12.7. The van der Waals surface area contributed by atoms with Gasteiger partial charge in [0, 0.05) is 25.4 Å². The highest BCUT2D eigenvalue weighted by Crippen LogP contribution is 2.45. The fourth-order valence-electron chi connectivity index (χ4n) is 6.76. The smallest absolute Gasteiger partial charge is 0.220 e. The van der Waals surface area contributed by atoms with E-state index >= 15 is 0 Å². The molecule has 1 rings (SSSR count). The lowest BCUT2D eigenvalue weighted by Crippen LogP contribution is -2.50. The molecule has 224 valence electrons. The lowest BCUT2D eigenvalue weighted by atomic mass is 9.62. The molecule has 0 aliphatic heterocycles. The van der Waals surface area contributed by atoms with Crippen molar-refractivity contribution in [2.75, 3.05) is 6.54 Å². The van der Waals surface area contributed by atoms with E-state index in [4.69, 9.17) is 0 Å². The molecule has 4 heteroatoms. The zero-order valence-corrected chi connectivity index (χ0v) is 26.4. The highest BCUT2D eigenvalue weighted by molar-refractivity contribution is 5.76. The first kappa shape index (κ1) is 35.0. The fraction of sp³-hybridized carbons (Fsp3) is 0.941. The van der Waals surface area contributed by atoms with E-state index in [9.17, 15) is 9.59 Å². The van der Waals surface area contributed by atoms with Crippen molar-refractivity contribution >= 4 is 11.8 Å². The Bertz CT molecular complexity index is 618. The summed E-state index contributed by atoms with van der Waals surface area (Å²) in [5.41, 5.74) is 0.205. The van der Waals surface area contributed by atoms with Crippen LogP contribution >= 0.6 is 0 Å². The van der Waals surface area contributed by atoms with E-state index in [0.29, 0.717) is 12.8 Å². The third-order valence-corrected chi connectivity index (χ3v) is 8.54. The SMILES string of the molecule is CCCCCCCCCCCC(=O)NCC1(C)CC(NC(=O)CCCCCCCCCCC)CC(C)(C)C1. The van der Waals surface area contributed by atoms with E-state index in [1.807, 2.05) is 0 Å². The summed E-state index contributed by atoms with van der Waals surface area (Å²) in [5, 5.41) is 6.61. The van der Waals surface area contributed by atoms with Crippen LogP contribution in [0.15, 0.2) is 0 Å². The molecule has 0 saturated heterocycles. The lowest BCUT2D eigenvalue weighted by Gasteiger charge is -2.47. The van der Waals surface area contributed by atoms with Crippen molar-refractivity contribution in [3.05, 3.63) is 0 Å². The highest BCUT2D eigenvalue weighted by atomic mass is 16.2. The Balaban J connectivity index is 2.24. The first-order chi connectivity index (χ1) is 18.2. The van der Waals surface area contributed by atoms with Crippen molar-refractivity contribution in [2.24, 2.45) is 10.8 Å². The summed E-state index contributed by atoms with van der Waals surface area (Å²) in [6, 6.07) is 0.212. The van der Waals surface area contributed by atoms with Crippen LogP contribution in [0.5, 0.6) is 0 Å². The second-order valence-electron chi connectivity index (χ2n) is 13.8. The first-order valence-corrected chi connectivity index (χ1v) is 16.8. The fourth-order valence-corrected chi connectivity index (χ4v) is 6.76. The summed E-state index contributed by atoms with van der Waals surface area (Å²) in [7, 11) is 0. The Kier molecular flexibility index (Phi) is 19.1. The van der Waals surface area contributed by atoms with Gasteiger partial charge in [-0.15, -0.1) is 0 Å². The van der Waals surface area contributed by atoms with Gasteiger partial charge in [0.1, 0.15) is 0 Å². The summed E-state index contributed by atoms with van der Waals surface area (Å²) in [5.74, 6) is 0.413. The molecule has 2 amide bonds. The van der Waals surface area contributed by atoms with Crippen LogP contribution in [0.2, 0.25) is 0 Å². The van der Waals surface area contributed by atoms with Gasteiger partial charge in [-0.25, -0.2) is 0 Å². The van der Waals surface area contributed by atoms with Crippen LogP contribution < -0.4 is 10.6 Å². The topological polar surface area (TPSA) is 58.2 Å². The number of carbonyl (C=O) groups is 2. The van der Waals surface area contributed by atoms with E-state index in [0.717, 1.165) is 38.6 Å². The molecule has 2 atom stereocenters. The minimum atomic E-state index is 0.0334. The molecule has 0 aromatic heterocycles. The average molecular weight is 535 g/mol. The standard InChI is InChI=1S/C34H66N2O2/c1-6-8-10-12-14-16-18-20-22-24-31(37)35-29-34(5)27-30(26-33(3,4)28-34)36-32(38)25-23-21-19-17-15-13-11-9-7-2/h30H,6-29H2,1-5H3,(H,35,37)(H,36,38). The van der Waals surface area contributed by atoms with Crippen LogP contribution in [0.4, 0.5) is 0 Å². The van der Waals surface area contributed by atoms with Gasteiger partial charge in [0.15, 0.2) is 0 Å². The molecule has 0 bridgehead atoms. The molecule has 2 N–H and O–H groups in total. The summed E-state index contributed by atoms with van der Waals surface area (Å²) in [6.45, 7) is 12.2. The predicted molar refractivity (Wildman–Crippen MR) is 164 cm³/mol. The molecule has 0 aromatic carbocycles. The third-order valence-electron chi connectivity index (χ3n) is 8.54. The Labute approximate surface area is 237 Å². The Morgan fingerprint density at radius 1 is 0.605 bits per heavy atom. The number of amides is 2. The summed E-state index contributed by atoms with van der Waals surface area (Å²) in [4.78, 5) is 25.2. The zero-order chi connectivity index (χ0) is 28.1. The molecular formula is C34H66N2O2. The number of carbonyl (C=O) groups excluding carboxylic acids is 2. The molecule has 1 aliphatic rings. The molecule has 0 heterocycles. The molecule has 1 aliphatic carbocycles. The predicted octanol–water partition coefficient (Wildman–Crippen LogP) is 9.65. The number of nitrogens with one attached hydrogen (secondary N) is 2. The maximum Gasteiger partial charge on any atom is 0.220 e. The largest absolute Gasteiger partial charge is 0.356 e. The van der Waals surface area contributed by atoms with E-state index < -0.39 is 0 Å². The van der Waals surface area contributed by atoms with Gasteiger partial charge < -0.3 is 10.6 Å². The van der Waals surface area contributed by atoms with Crippen LogP contribution in [0.3, 0.4) is 0 Å². The molecule has 0 aromatic rings. The molecule has 0 spiro atoms. The second kappa shape index (κ2) is 20.8. The van der Waals surface area contributed by atoms with E-state index in [-0.39, 0.29) is 28.7 Å². The van der Waals surface area contributed by atoms with Crippen molar-refractivity contribution in [3.63, 3.8) is 0 Å². The molecule has 38 heavy (non-hydrogen) atoms. The van der Waals surface area contributed by atoms with Crippen molar-refractivity contribution in [3.8, 4) is 0 Å². The van der Waals surface area contributed by atoms with Crippen molar-refractivity contribution in [2.45, 2.75) is 188 Å². The highest BCUT2D eigenvalue weighted by Gasteiger charge is 2.41. The minimum absolute atomic E-state index is 0.0334. The quantitative estimate of drug-likeness (QED) is 0.128. The number of unbranched alkanes of at least 4 members (excludes halogenated alkanes) is 16. The van der Waals surface area contributed by atoms with Gasteiger partial charge in [-0.05, 0) is 42.9 Å². The van der Waals surface area contributed by atoms with Gasteiger partial charge in [-0.1, -0.05) is 137 Å². The Morgan fingerprint density at radius 3 is 1.50 bits per heavy atom. The molecule has 0 radical (unpaired) electrons. The van der Waals surface area contributed by atoms with Crippen molar-refractivity contribution in [1.82, 2.24) is 10.6 Å². The monoisotopic (exact) mass is 535 g/mol. The normalized spacial score (nSPS) is 20.8. The number of hydrogen-bond acceptors (Lipinski definition) is 2. The molecule has 2 unspecified atom stereocenters. The van der Waals surface area contributed by atoms with Crippen LogP contribution in [0, 0.1) is 10.8 Å². The molecule has 1 saturated carbocycles. The third kappa shape index (κ3) is 18.3. The van der Waals surface area contributed by atoms with Gasteiger partial charge >= 0.3 is 0 Å². The molecule has 1 fully saturated rings. The summed E-state index contributed by atoms with van der Waals surface area (Å²) in [6.07, 6.45) is 27.3. The summed E-state index contributed by atoms with van der Waals surface area (Å²) >= 11 is 0. The number of hydrogen-bond donors (Lipinski definition) is 2. The number of rotatable bonds is 23. The van der Waals surface area contributed by atoms with Gasteiger partial charge in [-0.2, -0.15) is 0 Å². The zero-order valence-electron chi connectivity index (χ0n) is 26.4. The first-order valence-electron chi connectivity index (χ1n) is 16.8. The molecular weight excluding hydrogens is 468 g/mol. The van der Waals surface area contributed by atoms with Gasteiger partial charge in [-0.3, -0.25) is 9.59 Å². The summed E-state index contributed by atoms with van der Waals surface area (Å²) < 4.78 is 0. The van der Waals surface area contributed by atoms with Crippen LogP contribution in [-0.4, -0.2) is 24.4 Å². The second-order valence-corrected chi connectivity index (χ2v) is 13.8. The minimum Gasteiger partial charge on any atom is -0.356 e. The Morgan fingerprint density at radius 2 is 1.03 bits per heavy atom.